The van der Waals surface area contributed by atoms with E-state index in [-0.39, 0.29) is 12.5 Å². The molecule has 0 aromatic rings. The fourth-order valence-electron chi connectivity index (χ4n) is 1.60. The Labute approximate surface area is 84.5 Å². The summed E-state index contributed by atoms with van der Waals surface area (Å²) in [7, 11) is 0. The number of rotatable bonds is 3. The lowest BCUT2D eigenvalue weighted by atomic mass is 10.2. The van der Waals surface area contributed by atoms with Crippen molar-refractivity contribution in [3.63, 3.8) is 0 Å². The summed E-state index contributed by atoms with van der Waals surface area (Å²) in [6, 6.07) is -0.747. The maximum Gasteiger partial charge on any atom is 0.241 e. The van der Waals surface area contributed by atoms with Crippen molar-refractivity contribution in [2.45, 2.75) is 13.0 Å². The van der Waals surface area contributed by atoms with Gasteiger partial charge in [-0.2, -0.15) is 0 Å². The minimum absolute atomic E-state index is 0.136. The molecule has 1 aliphatic rings. The molecule has 0 aromatic heterocycles. The number of aliphatic hydroxyl groups excluding tert-OH is 1. The van der Waals surface area contributed by atoms with Gasteiger partial charge in [0.2, 0.25) is 5.91 Å². The summed E-state index contributed by atoms with van der Waals surface area (Å²) in [5.41, 5.74) is 5.46. The third kappa shape index (κ3) is 2.67. The molecule has 3 N–H and O–H groups in total. The number of nitrogens with zero attached hydrogens (tertiary/aromatic N) is 2. The van der Waals surface area contributed by atoms with E-state index in [9.17, 15) is 4.79 Å². The Morgan fingerprint density at radius 1 is 1.43 bits per heavy atom. The molecule has 1 atom stereocenters. The van der Waals surface area contributed by atoms with E-state index in [1.54, 1.807) is 4.90 Å². The van der Waals surface area contributed by atoms with Crippen molar-refractivity contribution < 1.29 is 9.90 Å². The summed E-state index contributed by atoms with van der Waals surface area (Å²) in [5, 5.41) is 8.75. The second-order valence-corrected chi connectivity index (χ2v) is 3.55. The second kappa shape index (κ2) is 5.29. The van der Waals surface area contributed by atoms with Gasteiger partial charge >= 0.3 is 0 Å². The molecule has 5 heteroatoms. The molecular weight excluding hydrogens is 182 g/mol. The summed E-state index contributed by atoms with van der Waals surface area (Å²) < 4.78 is 0. The van der Waals surface area contributed by atoms with Crippen LogP contribution in [0.15, 0.2) is 0 Å². The predicted octanol–water partition coefficient (Wildman–Crippen LogP) is -1.53. The van der Waals surface area contributed by atoms with Crippen molar-refractivity contribution in [2.24, 2.45) is 5.73 Å². The third-order valence-corrected chi connectivity index (χ3v) is 2.65. The minimum atomic E-state index is -0.747. The molecule has 0 aliphatic carbocycles. The molecule has 1 fully saturated rings. The highest BCUT2D eigenvalue weighted by Gasteiger charge is 2.23. The smallest absolute Gasteiger partial charge is 0.241 e. The van der Waals surface area contributed by atoms with E-state index >= 15 is 0 Å². The van der Waals surface area contributed by atoms with Crippen LogP contribution in [0.1, 0.15) is 6.92 Å². The van der Waals surface area contributed by atoms with Gasteiger partial charge in [-0.05, 0) is 6.54 Å². The largest absolute Gasteiger partial charge is 0.394 e. The molecule has 0 radical (unpaired) electrons. The molecule has 1 unspecified atom stereocenters. The molecule has 0 spiro atoms. The van der Waals surface area contributed by atoms with Gasteiger partial charge in [-0.25, -0.2) is 0 Å². The van der Waals surface area contributed by atoms with Gasteiger partial charge in [-0.3, -0.25) is 4.79 Å². The molecule has 1 amide bonds. The molecule has 0 saturated carbocycles. The van der Waals surface area contributed by atoms with Crippen molar-refractivity contribution in [1.29, 1.82) is 0 Å². The molecular formula is C9H19N3O2. The Kier molecular flexibility index (Phi) is 4.31. The average Bonchev–Trinajstić information content (AvgIpc) is 2.27. The van der Waals surface area contributed by atoms with Crippen LogP contribution >= 0.6 is 0 Å². The Bertz CT molecular complexity index is 190. The number of nitrogens with two attached hydrogens (primary N) is 1. The fraction of sp³-hybridized carbons (Fsp3) is 0.889. The predicted molar refractivity (Wildman–Crippen MR) is 53.8 cm³/mol. The second-order valence-electron chi connectivity index (χ2n) is 3.55. The summed E-state index contributed by atoms with van der Waals surface area (Å²) in [4.78, 5) is 15.6. The van der Waals surface area contributed by atoms with E-state index in [0.29, 0.717) is 0 Å². The highest BCUT2D eigenvalue weighted by atomic mass is 16.3. The number of carbonyl (C=O) groups is 1. The molecule has 1 rings (SSSR count). The Hall–Kier alpha value is -0.650. The summed E-state index contributed by atoms with van der Waals surface area (Å²) in [5.74, 6) is -0.136. The maximum absolute atomic E-state index is 11.5. The van der Waals surface area contributed by atoms with Crippen LogP contribution in [-0.4, -0.2) is 66.2 Å². The van der Waals surface area contributed by atoms with Crippen LogP contribution in [0.2, 0.25) is 0 Å². The van der Waals surface area contributed by atoms with E-state index < -0.39 is 6.04 Å². The normalized spacial score (nSPS) is 20.9. The van der Waals surface area contributed by atoms with Crippen LogP contribution in [0.25, 0.3) is 0 Å². The van der Waals surface area contributed by atoms with Crippen LogP contribution in [0.5, 0.6) is 0 Å². The molecule has 1 heterocycles. The number of hydrogen-bond acceptors (Lipinski definition) is 4. The van der Waals surface area contributed by atoms with Gasteiger partial charge in [0.25, 0.3) is 0 Å². The molecule has 5 nitrogen and oxygen atoms in total. The van der Waals surface area contributed by atoms with Crippen LogP contribution in [0.4, 0.5) is 0 Å². The first-order valence-electron chi connectivity index (χ1n) is 5.06. The van der Waals surface area contributed by atoms with Gasteiger partial charge in [-0.1, -0.05) is 6.92 Å². The number of amides is 1. The van der Waals surface area contributed by atoms with E-state index in [1.165, 1.54) is 0 Å². The van der Waals surface area contributed by atoms with Gasteiger partial charge in [-0.15, -0.1) is 0 Å². The van der Waals surface area contributed by atoms with Crippen molar-refractivity contribution in [2.75, 3.05) is 39.3 Å². The highest BCUT2D eigenvalue weighted by Crippen LogP contribution is 2.02. The summed E-state index contributed by atoms with van der Waals surface area (Å²) in [6.07, 6.45) is 0. The van der Waals surface area contributed by atoms with Crippen molar-refractivity contribution in [3.05, 3.63) is 0 Å². The molecule has 0 bridgehead atoms. The monoisotopic (exact) mass is 201 g/mol. The van der Waals surface area contributed by atoms with Crippen LogP contribution < -0.4 is 5.73 Å². The first-order chi connectivity index (χ1) is 6.69. The standard InChI is InChI=1S/C9H19N3O2/c1-2-11-3-5-12(6-4-11)9(14)8(10)7-13/h8,13H,2-7,10H2,1H3. The third-order valence-electron chi connectivity index (χ3n) is 2.65. The zero-order valence-electron chi connectivity index (χ0n) is 8.65. The summed E-state index contributed by atoms with van der Waals surface area (Å²) in [6.45, 7) is 6.11. The Morgan fingerprint density at radius 3 is 2.43 bits per heavy atom. The highest BCUT2D eigenvalue weighted by molar-refractivity contribution is 5.81. The molecule has 82 valence electrons. The van der Waals surface area contributed by atoms with Crippen molar-refractivity contribution in [3.8, 4) is 0 Å². The van der Waals surface area contributed by atoms with Crippen molar-refractivity contribution >= 4 is 5.91 Å². The molecule has 1 saturated heterocycles. The quantitative estimate of drug-likeness (QED) is 0.581. The SMILES string of the molecule is CCN1CCN(C(=O)C(N)CO)CC1. The molecule has 1 aliphatic heterocycles. The minimum Gasteiger partial charge on any atom is -0.394 e. The maximum atomic E-state index is 11.5. The van der Waals surface area contributed by atoms with Gasteiger partial charge in [0.1, 0.15) is 6.04 Å². The number of aliphatic hydroxyl groups is 1. The number of piperazine rings is 1. The van der Waals surface area contributed by atoms with Crippen molar-refractivity contribution in [1.82, 2.24) is 9.80 Å². The fourth-order valence-corrected chi connectivity index (χ4v) is 1.60. The van der Waals surface area contributed by atoms with E-state index in [0.717, 1.165) is 32.7 Å². The number of hydrogen-bond donors (Lipinski definition) is 2. The zero-order valence-corrected chi connectivity index (χ0v) is 8.65. The van der Waals surface area contributed by atoms with Gasteiger partial charge in [0.05, 0.1) is 6.61 Å². The number of carbonyl (C=O) groups excluding carboxylic acids is 1. The zero-order chi connectivity index (χ0) is 10.6. The van der Waals surface area contributed by atoms with E-state index in [2.05, 4.69) is 11.8 Å². The Morgan fingerprint density at radius 2 is 2.00 bits per heavy atom. The average molecular weight is 201 g/mol. The topological polar surface area (TPSA) is 69.8 Å². The van der Waals surface area contributed by atoms with E-state index in [4.69, 9.17) is 10.8 Å². The van der Waals surface area contributed by atoms with Gasteiger partial charge in [0.15, 0.2) is 0 Å². The first-order valence-corrected chi connectivity index (χ1v) is 5.06. The molecule has 14 heavy (non-hydrogen) atoms. The van der Waals surface area contributed by atoms with Gasteiger partial charge < -0.3 is 20.6 Å². The lowest BCUT2D eigenvalue weighted by molar-refractivity contribution is -0.135. The van der Waals surface area contributed by atoms with Crippen LogP contribution in [0.3, 0.4) is 0 Å². The van der Waals surface area contributed by atoms with Crippen LogP contribution in [0, 0.1) is 0 Å². The summed E-state index contributed by atoms with van der Waals surface area (Å²) >= 11 is 0. The number of likely N-dealkylation sites (N-methyl/N-ethyl adjacent to an activating group) is 1. The van der Waals surface area contributed by atoms with Gasteiger partial charge in [0, 0.05) is 26.2 Å². The van der Waals surface area contributed by atoms with Crippen LogP contribution in [-0.2, 0) is 4.79 Å². The Balaban J connectivity index is 2.37. The lowest BCUT2D eigenvalue weighted by Gasteiger charge is -2.35. The molecule has 0 aromatic carbocycles. The first kappa shape index (κ1) is 11.4. The lowest BCUT2D eigenvalue weighted by Crippen LogP contribution is -2.53. The van der Waals surface area contributed by atoms with E-state index in [1.807, 2.05) is 0 Å².